The quantitative estimate of drug-likeness (QED) is 0.862. The molecule has 0 aliphatic heterocycles. The predicted octanol–water partition coefficient (Wildman–Crippen LogP) is 2.81. The maximum atomic E-state index is 12.1. The Labute approximate surface area is 134 Å². The van der Waals surface area contributed by atoms with Crippen LogP contribution in [0.25, 0.3) is 0 Å². The first-order valence-corrected chi connectivity index (χ1v) is 9.80. The molecule has 0 saturated heterocycles. The number of sulfone groups is 1. The minimum Gasteiger partial charge on any atom is -0.352 e. The van der Waals surface area contributed by atoms with E-state index in [1.807, 2.05) is 6.07 Å². The number of rotatable bonds is 5. The molecule has 0 atom stereocenters. The van der Waals surface area contributed by atoms with Crippen molar-refractivity contribution in [3.05, 3.63) is 34.3 Å². The fourth-order valence-electron chi connectivity index (χ4n) is 2.65. The summed E-state index contributed by atoms with van der Waals surface area (Å²) in [6.45, 7) is 0. The average molecular weight is 374 g/mol. The van der Waals surface area contributed by atoms with Crippen LogP contribution in [-0.2, 0) is 20.4 Å². The van der Waals surface area contributed by atoms with Crippen LogP contribution in [-0.4, -0.2) is 26.1 Å². The van der Waals surface area contributed by atoms with Crippen molar-refractivity contribution < 1.29 is 13.2 Å². The van der Waals surface area contributed by atoms with Crippen molar-refractivity contribution in [1.82, 2.24) is 5.32 Å². The molecular formula is C15H20BrNO3S. The maximum absolute atomic E-state index is 12.1. The highest BCUT2D eigenvalue weighted by atomic mass is 79.9. The second-order valence-corrected chi connectivity index (χ2v) is 8.54. The fraction of sp³-hybridized carbons (Fsp3) is 0.533. The third-order valence-electron chi connectivity index (χ3n) is 3.60. The van der Waals surface area contributed by atoms with E-state index in [9.17, 15) is 13.2 Å². The summed E-state index contributed by atoms with van der Waals surface area (Å²) >= 11 is 3.31. The largest absolute Gasteiger partial charge is 0.352 e. The van der Waals surface area contributed by atoms with Crippen molar-refractivity contribution in [2.75, 3.05) is 5.75 Å². The van der Waals surface area contributed by atoms with Gasteiger partial charge in [0.05, 0.1) is 5.75 Å². The Bertz CT molecular complexity index is 595. The maximum Gasteiger partial charge on any atom is 0.235 e. The van der Waals surface area contributed by atoms with E-state index < -0.39 is 15.6 Å². The Kier molecular flexibility index (Phi) is 5.81. The van der Waals surface area contributed by atoms with Crippen LogP contribution in [0, 0.1) is 0 Å². The van der Waals surface area contributed by atoms with Gasteiger partial charge in [-0.2, -0.15) is 0 Å². The summed E-state index contributed by atoms with van der Waals surface area (Å²) in [5.41, 5.74) is 0.690. The zero-order valence-corrected chi connectivity index (χ0v) is 14.2. The molecule has 1 aromatic rings. The van der Waals surface area contributed by atoms with E-state index in [-0.39, 0.29) is 17.7 Å². The molecule has 6 heteroatoms. The first-order valence-electron chi connectivity index (χ1n) is 7.19. The van der Waals surface area contributed by atoms with E-state index in [0.29, 0.717) is 5.56 Å². The molecule has 0 unspecified atom stereocenters. The Balaban J connectivity index is 1.89. The van der Waals surface area contributed by atoms with Gasteiger partial charge in [-0.3, -0.25) is 4.79 Å². The Morgan fingerprint density at radius 3 is 2.62 bits per heavy atom. The lowest BCUT2D eigenvalue weighted by molar-refractivity contribution is -0.119. The minimum atomic E-state index is -3.43. The van der Waals surface area contributed by atoms with Crippen molar-refractivity contribution in [1.29, 1.82) is 0 Å². The topological polar surface area (TPSA) is 63.2 Å². The van der Waals surface area contributed by atoms with Crippen LogP contribution in [0.4, 0.5) is 0 Å². The van der Waals surface area contributed by atoms with Gasteiger partial charge in [0.25, 0.3) is 0 Å². The smallest absolute Gasteiger partial charge is 0.235 e. The lowest BCUT2D eigenvalue weighted by atomic mass is 9.95. The molecule has 1 aliphatic rings. The zero-order valence-electron chi connectivity index (χ0n) is 11.8. The molecule has 1 amide bonds. The molecule has 0 spiro atoms. The molecule has 1 saturated carbocycles. The van der Waals surface area contributed by atoms with E-state index in [4.69, 9.17) is 0 Å². The summed E-state index contributed by atoms with van der Waals surface area (Å²) in [6.07, 6.45) is 5.33. The number of amides is 1. The first kappa shape index (κ1) is 16.5. The monoisotopic (exact) mass is 373 g/mol. The van der Waals surface area contributed by atoms with Gasteiger partial charge in [0.1, 0.15) is 5.75 Å². The molecule has 21 heavy (non-hydrogen) atoms. The Hall–Kier alpha value is -0.880. The van der Waals surface area contributed by atoms with E-state index in [1.54, 1.807) is 18.2 Å². The summed E-state index contributed by atoms with van der Waals surface area (Å²) in [5, 5.41) is 2.84. The van der Waals surface area contributed by atoms with E-state index in [0.717, 1.165) is 30.2 Å². The van der Waals surface area contributed by atoms with Gasteiger partial charge in [-0.15, -0.1) is 0 Å². The minimum absolute atomic E-state index is 0.107. The van der Waals surface area contributed by atoms with Crippen LogP contribution in [0.1, 0.15) is 37.7 Å². The molecule has 1 N–H and O–H groups in total. The summed E-state index contributed by atoms with van der Waals surface area (Å²) < 4.78 is 25.0. The molecule has 0 radical (unpaired) electrons. The highest BCUT2D eigenvalue weighted by Crippen LogP contribution is 2.18. The molecule has 116 valence electrons. The van der Waals surface area contributed by atoms with Crippen LogP contribution in [0.3, 0.4) is 0 Å². The molecule has 1 aromatic carbocycles. The van der Waals surface area contributed by atoms with Gasteiger partial charge in [-0.05, 0) is 30.5 Å². The van der Waals surface area contributed by atoms with Crippen molar-refractivity contribution >= 4 is 31.7 Å². The van der Waals surface area contributed by atoms with Gasteiger partial charge in [0, 0.05) is 10.5 Å². The molecule has 0 heterocycles. The highest BCUT2D eigenvalue weighted by molar-refractivity contribution is 9.10. The van der Waals surface area contributed by atoms with Crippen LogP contribution in [0.15, 0.2) is 28.7 Å². The third-order valence-corrected chi connectivity index (χ3v) is 5.57. The van der Waals surface area contributed by atoms with Crippen molar-refractivity contribution in [2.45, 2.75) is 43.9 Å². The number of benzene rings is 1. The van der Waals surface area contributed by atoms with E-state index in [1.165, 1.54) is 6.42 Å². The van der Waals surface area contributed by atoms with Gasteiger partial charge in [0.2, 0.25) is 5.91 Å². The SMILES string of the molecule is O=C(CS(=O)(=O)Cc1cccc(Br)c1)NC1CCCCC1. The first-order chi connectivity index (χ1) is 9.94. The number of carbonyl (C=O) groups is 1. The number of hydrogen-bond donors (Lipinski definition) is 1. The molecule has 0 aromatic heterocycles. The number of carbonyl (C=O) groups excluding carboxylic acids is 1. The predicted molar refractivity (Wildman–Crippen MR) is 86.6 cm³/mol. The molecule has 4 nitrogen and oxygen atoms in total. The second kappa shape index (κ2) is 7.40. The number of hydrogen-bond acceptors (Lipinski definition) is 3. The van der Waals surface area contributed by atoms with E-state index in [2.05, 4.69) is 21.2 Å². The van der Waals surface area contributed by atoms with Crippen LogP contribution in [0.5, 0.6) is 0 Å². The van der Waals surface area contributed by atoms with Gasteiger partial charge in [-0.1, -0.05) is 47.3 Å². The van der Waals surface area contributed by atoms with Crippen molar-refractivity contribution in [3.8, 4) is 0 Å². The number of nitrogens with one attached hydrogen (secondary N) is 1. The number of halogens is 1. The van der Waals surface area contributed by atoms with Crippen LogP contribution < -0.4 is 5.32 Å². The zero-order chi connectivity index (χ0) is 15.3. The molecule has 1 aliphatic carbocycles. The summed E-state index contributed by atoms with van der Waals surface area (Å²) in [5.74, 6) is -0.919. The molecule has 0 bridgehead atoms. The van der Waals surface area contributed by atoms with Crippen molar-refractivity contribution in [2.24, 2.45) is 0 Å². The Morgan fingerprint density at radius 2 is 1.95 bits per heavy atom. The average Bonchev–Trinajstić information content (AvgIpc) is 2.38. The highest BCUT2D eigenvalue weighted by Gasteiger charge is 2.21. The molecule has 1 fully saturated rings. The van der Waals surface area contributed by atoms with Crippen LogP contribution in [0.2, 0.25) is 0 Å². The molecular weight excluding hydrogens is 354 g/mol. The standard InChI is InChI=1S/C15H20BrNO3S/c16-13-6-4-5-12(9-13)10-21(19,20)11-15(18)17-14-7-2-1-3-8-14/h4-6,9,14H,1-3,7-8,10-11H2,(H,17,18). The van der Waals surface area contributed by atoms with Crippen molar-refractivity contribution in [3.63, 3.8) is 0 Å². The Morgan fingerprint density at radius 1 is 1.24 bits per heavy atom. The third kappa shape index (κ3) is 5.79. The lowest BCUT2D eigenvalue weighted by Crippen LogP contribution is -2.39. The summed E-state index contributed by atoms with van der Waals surface area (Å²) in [4.78, 5) is 11.9. The fourth-order valence-corrected chi connectivity index (χ4v) is 4.37. The molecule has 2 rings (SSSR count). The lowest BCUT2D eigenvalue weighted by Gasteiger charge is -2.22. The van der Waals surface area contributed by atoms with Gasteiger partial charge >= 0.3 is 0 Å². The van der Waals surface area contributed by atoms with Crippen LogP contribution >= 0.6 is 15.9 Å². The van der Waals surface area contributed by atoms with Gasteiger partial charge in [-0.25, -0.2) is 8.42 Å². The normalized spacial score (nSPS) is 16.6. The summed E-state index contributed by atoms with van der Waals surface area (Å²) in [7, 11) is -3.43. The second-order valence-electron chi connectivity index (χ2n) is 5.56. The van der Waals surface area contributed by atoms with Gasteiger partial charge in [0.15, 0.2) is 9.84 Å². The summed E-state index contributed by atoms with van der Waals surface area (Å²) in [6, 6.07) is 7.29. The van der Waals surface area contributed by atoms with E-state index >= 15 is 0 Å². The van der Waals surface area contributed by atoms with Gasteiger partial charge < -0.3 is 5.32 Å².